The van der Waals surface area contributed by atoms with Crippen LogP contribution >= 0.6 is 0 Å². The first kappa shape index (κ1) is 22.7. The topological polar surface area (TPSA) is 101 Å². The summed E-state index contributed by atoms with van der Waals surface area (Å²) < 4.78 is 66.4. The highest BCUT2D eigenvalue weighted by Gasteiger charge is 2.43. The average Bonchev–Trinajstić information content (AvgIpc) is 2.73. The SMILES string of the molecule is O=C(c1ccc(NS(=O)(=O)c2ccccc2F)cc1)N1CC(S(=O)(=O)C2CCCCC2)C1. The summed E-state index contributed by atoms with van der Waals surface area (Å²) in [6, 6.07) is 10.8. The molecule has 1 saturated heterocycles. The molecule has 4 rings (SSSR count). The van der Waals surface area contributed by atoms with Gasteiger partial charge in [-0.15, -0.1) is 0 Å². The highest BCUT2D eigenvalue weighted by Crippen LogP contribution is 2.30. The van der Waals surface area contributed by atoms with Gasteiger partial charge in [0, 0.05) is 24.3 Å². The smallest absolute Gasteiger partial charge is 0.264 e. The van der Waals surface area contributed by atoms with E-state index in [2.05, 4.69) is 4.72 Å². The van der Waals surface area contributed by atoms with Crippen LogP contribution in [0.3, 0.4) is 0 Å². The largest absolute Gasteiger partial charge is 0.336 e. The monoisotopic (exact) mass is 480 g/mol. The highest BCUT2D eigenvalue weighted by atomic mass is 32.2. The Hall–Kier alpha value is -2.46. The summed E-state index contributed by atoms with van der Waals surface area (Å²) in [5.74, 6) is -1.16. The molecule has 172 valence electrons. The molecule has 0 spiro atoms. The summed E-state index contributed by atoms with van der Waals surface area (Å²) in [6.45, 7) is 0.360. The van der Waals surface area contributed by atoms with Gasteiger partial charge in [0.25, 0.3) is 15.9 Å². The van der Waals surface area contributed by atoms with E-state index in [1.807, 2.05) is 0 Å². The molecule has 2 aliphatic rings. The fraction of sp³-hybridized carbons (Fsp3) is 0.409. The second-order valence-electron chi connectivity index (χ2n) is 8.29. The van der Waals surface area contributed by atoms with Gasteiger partial charge in [-0.1, -0.05) is 31.4 Å². The van der Waals surface area contributed by atoms with Crippen molar-refractivity contribution < 1.29 is 26.0 Å². The van der Waals surface area contributed by atoms with E-state index in [4.69, 9.17) is 0 Å². The number of halogens is 1. The second-order valence-corrected chi connectivity index (χ2v) is 12.5. The first-order valence-corrected chi connectivity index (χ1v) is 13.7. The number of nitrogens with zero attached hydrogens (tertiary/aromatic N) is 1. The minimum atomic E-state index is -4.11. The van der Waals surface area contributed by atoms with E-state index in [1.54, 1.807) is 0 Å². The highest BCUT2D eigenvalue weighted by molar-refractivity contribution is 7.93. The zero-order valence-corrected chi connectivity index (χ0v) is 19.0. The van der Waals surface area contributed by atoms with Gasteiger partial charge in [0.1, 0.15) is 10.7 Å². The molecule has 1 saturated carbocycles. The molecule has 10 heteroatoms. The quantitative estimate of drug-likeness (QED) is 0.684. The summed E-state index contributed by atoms with van der Waals surface area (Å²) in [4.78, 5) is 13.7. The van der Waals surface area contributed by atoms with Crippen molar-refractivity contribution >= 4 is 31.5 Å². The number of amides is 1. The molecule has 0 aromatic heterocycles. The summed E-state index contributed by atoms with van der Waals surface area (Å²) in [7, 11) is -7.34. The normalized spacial score (nSPS) is 18.2. The van der Waals surface area contributed by atoms with E-state index in [0.29, 0.717) is 18.4 Å². The van der Waals surface area contributed by atoms with E-state index in [1.165, 1.54) is 41.3 Å². The van der Waals surface area contributed by atoms with Crippen LogP contribution in [0.2, 0.25) is 0 Å². The lowest BCUT2D eigenvalue weighted by Crippen LogP contribution is -2.58. The van der Waals surface area contributed by atoms with Crippen molar-refractivity contribution in [3.05, 3.63) is 59.9 Å². The van der Waals surface area contributed by atoms with Crippen LogP contribution in [0.25, 0.3) is 0 Å². The molecule has 0 unspecified atom stereocenters. The Kier molecular flexibility index (Phi) is 6.26. The summed E-state index contributed by atoms with van der Waals surface area (Å²) >= 11 is 0. The number of likely N-dealkylation sites (tertiary alicyclic amines) is 1. The zero-order valence-electron chi connectivity index (χ0n) is 17.4. The second kappa shape index (κ2) is 8.82. The molecular formula is C22H25FN2O5S2. The number of hydrogen-bond donors (Lipinski definition) is 1. The van der Waals surface area contributed by atoms with Crippen LogP contribution in [0.5, 0.6) is 0 Å². The van der Waals surface area contributed by atoms with Crippen molar-refractivity contribution in [1.82, 2.24) is 4.90 Å². The third-order valence-electron chi connectivity index (χ3n) is 6.13. The van der Waals surface area contributed by atoms with Gasteiger partial charge in [-0.25, -0.2) is 21.2 Å². The van der Waals surface area contributed by atoms with Crippen molar-refractivity contribution in [2.45, 2.75) is 47.5 Å². The van der Waals surface area contributed by atoms with E-state index < -0.39 is 35.8 Å². The van der Waals surface area contributed by atoms with E-state index >= 15 is 0 Å². The Balaban J connectivity index is 1.38. The van der Waals surface area contributed by atoms with Crippen LogP contribution in [-0.2, 0) is 19.9 Å². The number of nitrogens with one attached hydrogen (secondary N) is 1. The predicted molar refractivity (Wildman–Crippen MR) is 119 cm³/mol. The summed E-state index contributed by atoms with van der Waals surface area (Å²) in [6.07, 6.45) is 4.36. The Morgan fingerprint density at radius 2 is 1.50 bits per heavy atom. The minimum absolute atomic E-state index is 0.180. The van der Waals surface area contributed by atoms with E-state index in [0.717, 1.165) is 31.4 Å². The van der Waals surface area contributed by atoms with Gasteiger partial charge in [0.15, 0.2) is 9.84 Å². The minimum Gasteiger partial charge on any atom is -0.336 e. The standard InChI is InChI=1S/C22H25FN2O5S2/c23-20-8-4-5-9-21(20)32(29,30)24-17-12-10-16(11-13-17)22(26)25-14-19(15-25)31(27,28)18-6-2-1-3-7-18/h4-5,8-13,18-19,24H,1-3,6-7,14-15H2. The van der Waals surface area contributed by atoms with Crippen LogP contribution in [-0.4, -0.2) is 51.2 Å². The van der Waals surface area contributed by atoms with Gasteiger partial charge < -0.3 is 4.90 Å². The Bertz CT molecular complexity index is 1200. The Morgan fingerprint density at radius 1 is 0.875 bits per heavy atom. The molecule has 1 N–H and O–H groups in total. The third kappa shape index (κ3) is 4.52. The van der Waals surface area contributed by atoms with Crippen molar-refractivity contribution in [2.24, 2.45) is 0 Å². The molecule has 0 atom stereocenters. The van der Waals surface area contributed by atoms with Gasteiger partial charge in [0.05, 0.1) is 10.5 Å². The lowest BCUT2D eigenvalue weighted by molar-refractivity contribution is 0.0658. The van der Waals surface area contributed by atoms with Gasteiger partial charge in [0.2, 0.25) is 0 Å². The van der Waals surface area contributed by atoms with Gasteiger partial charge >= 0.3 is 0 Å². The van der Waals surface area contributed by atoms with Gasteiger partial charge in [-0.2, -0.15) is 0 Å². The molecular weight excluding hydrogens is 455 g/mol. The molecule has 2 aromatic rings. The Labute approximate surface area is 187 Å². The van der Waals surface area contributed by atoms with Crippen LogP contribution in [0.4, 0.5) is 10.1 Å². The summed E-state index contributed by atoms with van der Waals surface area (Å²) in [5, 5.41) is -0.804. The van der Waals surface area contributed by atoms with Crippen LogP contribution in [0.1, 0.15) is 42.5 Å². The van der Waals surface area contributed by atoms with Crippen LogP contribution in [0, 0.1) is 5.82 Å². The van der Waals surface area contributed by atoms with Crippen molar-refractivity contribution in [3.63, 3.8) is 0 Å². The number of anilines is 1. The maximum absolute atomic E-state index is 13.8. The molecule has 0 bridgehead atoms. The number of hydrogen-bond acceptors (Lipinski definition) is 5. The molecule has 0 radical (unpaired) electrons. The maximum atomic E-state index is 13.8. The van der Waals surface area contributed by atoms with Crippen LogP contribution in [0.15, 0.2) is 53.4 Å². The third-order valence-corrected chi connectivity index (χ3v) is 10.2. The molecule has 2 aromatic carbocycles. The number of sulfonamides is 1. The summed E-state index contributed by atoms with van der Waals surface area (Å²) in [5.41, 5.74) is 0.513. The first-order valence-electron chi connectivity index (χ1n) is 10.6. The molecule has 32 heavy (non-hydrogen) atoms. The molecule has 2 fully saturated rings. The predicted octanol–water partition coefficient (Wildman–Crippen LogP) is 3.20. The number of carbonyl (C=O) groups is 1. The maximum Gasteiger partial charge on any atom is 0.264 e. The molecule has 7 nitrogen and oxygen atoms in total. The molecule has 1 aliphatic heterocycles. The zero-order chi connectivity index (χ0) is 22.9. The van der Waals surface area contributed by atoms with Crippen molar-refractivity contribution in [1.29, 1.82) is 0 Å². The molecule has 1 heterocycles. The number of sulfone groups is 1. The number of benzene rings is 2. The van der Waals surface area contributed by atoms with Crippen LogP contribution < -0.4 is 4.72 Å². The lowest BCUT2D eigenvalue weighted by Gasteiger charge is -2.40. The molecule has 1 aliphatic carbocycles. The fourth-order valence-corrected chi connectivity index (χ4v) is 7.66. The van der Waals surface area contributed by atoms with Crippen molar-refractivity contribution in [2.75, 3.05) is 17.8 Å². The van der Waals surface area contributed by atoms with E-state index in [-0.39, 0.29) is 29.9 Å². The van der Waals surface area contributed by atoms with E-state index in [9.17, 15) is 26.0 Å². The van der Waals surface area contributed by atoms with Gasteiger partial charge in [-0.3, -0.25) is 9.52 Å². The number of carbonyl (C=O) groups excluding carboxylic acids is 1. The fourth-order valence-electron chi connectivity index (χ4n) is 4.21. The number of rotatable bonds is 6. The van der Waals surface area contributed by atoms with Crippen molar-refractivity contribution in [3.8, 4) is 0 Å². The van der Waals surface area contributed by atoms with Gasteiger partial charge in [-0.05, 0) is 49.2 Å². The average molecular weight is 481 g/mol. The first-order chi connectivity index (χ1) is 15.2. The molecule has 1 amide bonds. The lowest BCUT2D eigenvalue weighted by atomic mass is 10.0. The Morgan fingerprint density at radius 3 is 2.12 bits per heavy atom.